The van der Waals surface area contributed by atoms with Crippen LogP contribution in [0.1, 0.15) is 39.0 Å². The zero-order valence-electron chi connectivity index (χ0n) is 12.1. The Kier molecular flexibility index (Phi) is 6.93. The van der Waals surface area contributed by atoms with Crippen molar-refractivity contribution < 1.29 is 52.7 Å². The summed E-state index contributed by atoms with van der Waals surface area (Å²) in [4.78, 5) is 0. The molecule has 24 heavy (non-hydrogen) atoms. The number of hydrogen-bond donors (Lipinski definition) is 0. The molecule has 0 fully saturated rings. The lowest BCUT2D eigenvalue weighted by atomic mass is 9.93. The molecule has 0 aliphatic heterocycles. The molecule has 0 bridgehead atoms. The van der Waals surface area contributed by atoms with Gasteiger partial charge in [-0.2, -0.15) is 48.3 Å². The van der Waals surface area contributed by atoms with Crippen molar-refractivity contribution >= 4 is 0 Å². The second-order valence-corrected chi connectivity index (χ2v) is 5.16. The van der Waals surface area contributed by atoms with Crippen molar-refractivity contribution in [3.8, 4) is 0 Å². The highest BCUT2D eigenvalue weighted by molar-refractivity contribution is 5.08. The van der Waals surface area contributed by atoms with Crippen LogP contribution in [0.2, 0.25) is 0 Å². The van der Waals surface area contributed by atoms with Crippen LogP contribution in [0.5, 0.6) is 0 Å². The molecule has 0 radical (unpaired) electrons. The zero-order valence-corrected chi connectivity index (χ0v) is 12.1. The Morgan fingerprint density at radius 2 is 1.08 bits per heavy atom. The lowest BCUT2D eigenvalue weighted by Crippen LogP contribution is -2.68. The summed E-state index contributed by atoms with van der Waals surface area (Å²) in [6.07, 6.45) is -12.1. The summed E-state index contributed by atoms with van der Waals surface area (Å²) < 4.78 is 152. The van der Waals surface area contributed by atoms with Crippen LogP contribution in [0.3, 0.4) is 0 Å². The molecule has 0 N–H and O–H groups in total. The maximum absolute atomic E-state index is 13.2. The molecule has 0 aromatic rings. The van der Waals surface area contributed by atoms with E-state index in [1.165, 1.54) is 0 Å². The molecule has 1 atom stereocenters. The second-order valence-electron chi connectivity index (χ2n) is 5.16. The Balaban J connectivity index is 5.52. The molecule has 0 heterocycles. The van der Waals surface area contributed by atoms with Gasteiger partial charge in [0.05, 0.1) is 0 Å². The van der Waals surface area contributed by atoms with Crippen LogP contribution >= 0.6 is 0 Å². The molecule has 0 spiro atoms. The van der Waals surface area contributed by atoms with Gasteiger partial charge in [0.1, 0.15) is 0 Å². The van der Waals surface area contributed by atoms with E-state index in [4.69, 9.17) is 0 Å². The zero-order chi connectivity index (χ0) is 19.6. The fourth-order valence-corrected chi connectivity index (χ4v) is 1.71. The van der Waals surface area contributed by atoms with Gasteiger partial charge in [-0.25, -0.2) is 4.39 Å². The molecule has 0 aliphatic rings. The Morgan fingerprint density at radius 1 is 0.625 bits per heavy atom. The third-order valence-corrected chi connectivity index (χ3v) is 3.27. The van der Waals surface area contributed by atoms with E-state index in [9.17, 15) is 52.7 Å². The van der Waals surface area contributed by atoms with Crippen LogP contribution in [0.4, 0.5) is 52.7 Å². The Hall–Kier alpha value is -0.840. The normalized spacial score (nSPS) is 16.4. The highest BCUT2D eigenvalue weighted by Crippen LogP contribution is 2.58. The SMILES string of the molecule is CCCCCCC(F)C(F)(F)C(F)(F)C(F)(F)C(F)(F)C(F)(F)F. The molecule has 0 aromatic carbocycles. The van der Waals surface area contributed by atoms with Crippen LogP contribution < -0.4 is 0 Å². The van der Waals surface area contributed by atoms with Crippen LogP contribution in [-0.4, -0.2) is 36.0 Å². The van der Waals surface area contributed by atoms with Crippen molar-refractivity contribution in [3.05, 3.63) is 0 Å². The van der Waals surface area contributed by atoms with Gasteiger partial charge in [-0.1, -0.05) is 32.6 Å². The minimum Gasteiger partial charge on any atom is -0.241 e. The smallest absolute Gasteiger partial charge is 0.241 e. The monoisotopic (exact) mass is 386 g/mol. The molecule has 0 aliphatic carbocycles. The third kappa shape index (κ3) is 3.87. The molecule has 0 nitrogen and oxygen atoms in total. The summed E-state index contributed by atoms with van der Waals surface area (Å²) in [6, 6.07) is 0. The summed E-state index contributed by atoms with van der Waals surface area (Å²) in [5, 5.41) is 0. The van der Waals surface area contributed by atoms with E-state index in [-0.39, 0.29) is 6.42 Å². The molecule has 146 valence electrons. The standard InChI is InChI=1S/C12H14F12/c1-2-3-4-5-6-7(13)8(14,15)9(16,17)10(18,19)11(20,21)12(22,23)24/h7H,2-6H2,1H3. The molecule has 0 amide bonds. The van der Waals surface area contributed by atoms with Crippen molar-refractivity contribution in [2.75, 3.05) is 0 Å². The first-order chi connectivity index (χ1) is 10.5. The average Bonchev–Trinajstić information content (AvgIpc) is 2.41. The highest BCUT2D eigenvalue weighted by atomic mass is 19.4. The Labute approximate surface area is 129 Å². The minimum absolute atomic E-state index is 0.0632. The van der Waals surface area contributed by atoms with Gasteiger partial charge in [-0.15, -0.1) is 0 Å². The highest BCUT2D eigenvalue weighted by Gasteiger charge is 2.88. The summed E-state index contributed by atoms with van der Waals surface area (Å²) >= 11 is 0. The number of hydrogen-bond acceptors (Lipinski definition) is 0. The van der Waals surface area contributed by atoms with E-state index in [1.807, 2.05) is 0 Å². The summed E-state index contributed by atoms with van der Waals surface area (Å²) in [6.45, 7) is 1.65. The van der Waals surface area contributed by atoms with Gasteiger partial charge >= 0.3 is 29.9 Å². The molecule has 0 saturated heterocycles. The quantitative estimate of drug-likeness (QED) is 0.318. The number of halogens is 12. The van der Waals surface area contributed by atoms with Gasteiger partial charge < -0.3 is 0 Å². The van der Waals surface area contributed by atoms with E-state index in [1.54, 1.807) is 6.92 Å². The molecule has 0 rings (SSSR count). The first-order valence-corrected chi connectivity index (χ1v) is 6.70. The van der Waals surface area contributed by atoms with E-state index in [0.29, 0.717) is 12.8 Å². The largest absolute Gasteiger partial charge is 0.460 e. The second kappa shape index (κ2) is 7.19. The molecular weight excluding hydrogens is 372 g/mol. The summed E-state index contributed by atoms with van der Waals surface area (Å²) in [5.41, 5.74) is 0. The lowest BCUT2D eigenvalue weighted by Gasteiger charge is -2.38. The first-order valence-electron chi connectivity index (χ1n) is 6.70. The lowest BCUT2D eigenvalue weighted by molar-refractivity contribution is -0.426. The maximum atomic E-state index is 13.2. The number of unbranched alkanes of at least 4 members (excludes halogenated alkanes) is 3. The van der Waals surface area contributed by atoms with Gasteiger partial charge in [0.25, 0.3) is 0 Å². The molecule has 12 heteroatoms. The van der Waals surface area contributed by atoms with Gasteiger partial charge in [0, 0.05) is 0 Å². The van der Waals surface area contributed by atoms with E-state index in [2.05, 4.69) is 0 Å². The van der Waals surface area contributed by atoms with Crippen molar-refractivity contribution in [2.45, 2.75) is 75.1 Å². The van der Waals surface area contributed by atoms with E-state index in [0.717, 1.165) is 0 Å². The van der Waals surface area contributed by atoms with E-state index < -0.39 is 48.9 Å². The third-order valence-electron chi connectivity index (χ3n) is 3.27. The molecule has 1 unspecified atom stereocenters. The van der Waals surface area contributed by atoms with Gasteiger partial charge in [0.2, 0.25) is 0 Å². The predicted molar refractivity (Wildman–Crippen MR) is 59.5 cm³/mol. The Bertz CT molecular complexity index is 397. The van der Waals surface area contributed by atoms with Crippen molar-refractivity contribution in [1.82, 2.24) is 0 Å². The molecule has 0 aromatic heterocycles. The fraction of sp³-hybridized carbons (Fsp3) is 1.00. The summed E-state index contributed by atoms with van der Waals surface area (Å²) in [7, 11) is 0. The average molecular weight is 386 g/mol. The van der Waals surface area contributed by atoms with Crippen LogP contribution in [-0.2, 0) is 0 Å². The van der Waals surface area contributed by atoms with Crippen molar-refractivity contribution in [1.29, 1.82) is 0 Å². The predicted octanol–water partition coefficient (Wildman–Crippen LogP) is 6.40. The molecular formula is C12H14F12. The van der Waals surface area contributed by atoms with Crippen LogP contribution in [0.15, 0.2) is 0 Å². The van der Waals surface area contributed by atoms with Gasteiger partial charge in [-0.05, 0) is 6.42 Å². The van der Waals surface area contributed by atoms with Crippen molar-refractivity contribution in [3.63, 3.8) is 0 Å². The van der Waals surface area contributed by atoms with Crippen LogP contribution in [0, 0.1) is 0 Å². The minimum atomic E-state index is -7.55. The van der Waals surface area contributed by atoms with Crippen molar-refractivity contribution in [2.24, 2.45) is 0 Å². The van der Waals surface area contributed by atoms with Crippen LogP contribution in [0.25, 0.3) is 0 Å². The van der Waals surface area contributed by atoms with Gasteiger partial charge in [0.15, 0.2) is 6.17 Å². The molecule has 0 saturated carbocycles. The summed E-state index contributed by atoms with van der Waals surface area (Å²) in [5.74, 6) is -28.7. The van der Waals surface area contributed by atoms with E-state index >= 15 is 0 Å². The maximum Gasteiger partial charge on any atom is 0.460 e. The number of alkyl halides is 12. The fourth-order valence-electron chi connectivity index (χ4n) is 1.71. The topological polar surface area (TPSA) is 0 Å². The Morgan fingerprint density at radius 3 is 1.46 bits per heavy atom. The number of rotatable bonds is 9. The first kappa shape index (κ1) is 23.2. The van der Waals surface area contributed by atoms with Gasteiger partial charge in [-0.3, -0.25) is 0 Å².